The van der Waals surface area contributed by atoms with Crippen molar-refractivity contribution < 1.29 is 29.1 Å². The number of carboxylic acid groups (broad SMARTS) is 1. The molecule has 33 heavy (non-hydrogen) atoms. The zero-order valence-electron chi connectivity index (χ0n) is 18.6. The second-order valence-corrected chi connectivity index (χ2v) is 7.60. The summed E-state index contributed by atoms with van der Waals surface area (Å²) in [5, 5.41) is 17.8. The Morgan fingerprint density at radius 2 is 1.97 bits per heavy atom. The van der Waals surface area contributed by atoms with Gasteiger partial charge in [0.05, 0.1) is 18.2 Å². The largest absolute Gasteiger partial charge is 0.481 e. The summed E-state index contributed by atoms with van der Waals surface area (Å²) in [6.45, 7) is 4.74. The lowest BCUT2D eigenvalue weighted by Crippen LogP contribution is -2.55. The van der Waals surface area contributed by atoms with Gasteiger partial charge in [-0.2, -0.15) is 5.10 Å². The number of anilines is 1. The van der Waals surface area contributed by atoms with Gasteiger partial charge in [-0.15, -0.1) is 0 Å². The minimum absolute atomic E-state index is 0.212. The SMILES string of the molecule is CCc1cccc2c1N(C(=O)[C@H](C)NC(C)=O)C(C(=O)NC(/C=N/NC(N)=O)CC(=O)O)C2. The number of carboxylic acids is 1. The zero-order valence-corrected chi connectivity index (χ0v) is 18.6. The molecule has 1 aromatic rings. The van der Waals surface area contributed by atoms with Crippen LogP contribution in [-0.2, 0) is 32.0 Å². The van der Waals surface area contributed by atoms with Crippen molar-refractivity contribution in [3.63, 3.8) is 0 Å². The lowest BCUT2D eigenvalue weighted by atomic mass is 10.0. The summed E-state index contributed by atoms with van der Waals surface area (Å²) in [6.07, 6.45) is 1.36. The molecule has 0 aliphatic carbocycles. The van der Waals surface area contributed by atoms with E-state index in [1.54, 1.807) is 0 Å². The Labute approximate surface area is 190 Å². The molecule has 0 radical (unpaired) electrons. The van der Waals surface area contributed by atoms with Crippen LogP contribution in [0.15, 0.2) is 23.3 Å². The van der Waals surface area contributed by atoms with Crippen LogP contribution in [0.4, 0.5) is 10.5 Å². The molecule has 6 N–H and O–H groups in total. The van der Waals surface area contributed by atoms with Crippen molar-refractivity contribution in [2.45, 2.75) is 58.2 Å². The third kappa shape index (κ3) is 6.51. The van der Waals surface area contributed by atoms with E-state index in [4.69, 9.17) is 10.8 Å². The standard InChI is InChI=1S/C21H28N6O6/c1-4-13-6-5-7-14-8-16(27(18(13)14)20(32)11(2)24-12(3)28)19(31)25-15(9-17(29)30)10-23-26-21(22)33/h5-7,10-11,15-16H,4,8-9H2,1-3H3,(H,24,28)(H,25,31)(H,29,30)(H3,22,26,33)/b23-10+/t11-,15?,16?/m0/s1. The molecular weight excluding hydrogens is 432 g/mol. The smallest absolute Gasteiger partial charge is 0.332 e. The van der Waals surface area contributed by atoms with Gasteiger partial charge in [0.1, 0.15) is 12.1 Å². The predicted octanol–water partition coefficient (Wildman–Crippen LogP) is -0.355. The van der Waals surface area contributed by atoms with Crippen molar-refractivity contribution in [2.24, 2.45) is 10.8 Å². The molecule has 5 amide bonds. The highest BCUT2D eigenvalue weighted by Gasteiger charge is 2.41. The van der Waals surface area contributed by atoms with E-state index in [1.165, 1.54) is 18.7 Å². The van der Waals surface area contributed by atoms with E-state index < -0.39 is 48.4 Å². The molecule has 1 heterocycles. The Kier molecular flexibility index (Phi) is 8.49. The molecule has 0 aromatic heterocycles. The number of aliphatic carboxylic acids is 1. The number of nitrogens with two attached hydrogens (primary N) is 1. The van der Waals surface area contributed by atoms with Crippen LogP contribution in [-0.4, -0.2) is 59.2 Å². The van der Waals surface area contributed by atoms with E-state index >= 15 is 0 Å². The number of rotatable bonds is 9. The topological polar surface area (TPSA) is 183 Å². The molecular formula is C21H28N6O6. The number of nitrogens with zero attached hydrogens (tertiary/aromatic N) is 2. The van der Waals surface area contributed by atoms with Crippen LogP contribution in [0.2, 0.25) is 0 Å². The van der Waals surface area contributed by atoms with Gasteiger partial charge in [-0.05, 0) is 24.5 Å². The number of urea groups is 1. The summed E-state index contributed by atoms with van der Waals surface area (Å²) in [7, 11) is 0. The molecule has 0 fully saturated rings. The van der Waals surface area contributed by atoms with E-state index in [-0.39, 0.29) is 12.3 Å². The monoisotopic (exact) mass is 460 g/mol. The Morgan fingerprint density at radius 3 is 2.55 bits per heavy atom. The molecule has 1 aliphatic rings. The zero-order chi connectivity index (χ0) is 24.7. The summed E-state index contributed by atoms with van der Waals surface area (Å²) < 4.78 is 0. The first kappa shape index (κ1) is 25.3. The highest BCUT2D eigenvalue weighted by molar-refractivity contribution is 6.07. The summed E-state index contributed by atoms with van der Waals surface area (Å²) in [6, 6.07) is 1.65. The third-order valence-corrected chi connectivity index (χ3v) is 5.03. The lowest BCUT2D eigenvalue weighted by Gasteiger charge is -2.29. The van der Waals surface area contributed by atoms with Crippen LogP contribution in [0.5, 0.6) is 0 Å². The van der Waals surface area contributed by atoms with Crippen LogP contribution < -0.4 is 26.7 Å². The van der Waals surface area contributed by atoms with Gasteiger partial charge in [0.2, 0.25) is 17.7 Å². The predicted molar refractivity (Wildman–Crippen MR) is 119 cm³/mol. The Bertz CT molecular complexity index is 978. The number of benzene rings is 1. The number of hydrogen-bond donors (Lipinski definition) is 5. The van der Waals surface area contributed by atoms with E-state index in [0.717, 1.165) is 17.3 Å². The number of amides is 5. The quantitative estimate of drug-likeness (QED) is 0.248. The molecule has 12 heteroatoms. The van der Waals surface area contributed by atoms with Crippen molar-refractivity contribution in [1.29, 1.82) is 0 Å². The fourth-order valence-electron chi connectivity index (χ4n) is 3.71. The van der Waals surface area contributed by atoms with Crippen molar-refractivity contribution in [3.8, 4) is 0 Å². The Hall–Kier alpha value is -3.96. The number of primary amides is 1. The van der Waals surface area contributed by atoms with Gasteiger partial charge in [-0.25, -0.2) is 10.2 Å². The van der Waals surface area contributed by atoms with Gasteiger partial charge in [0.25, 0.3) is 0 Å². The first-order valence-electron chi connectivity index (χ1n) is 10.4. The third-order valence-electron chi connectivity index (χ3n) is 5.03. The Balaban J connectivity index is 2.36. The number of aryl methyl sites for hydroxylation is 1. The van der Waals surface area contributed by atoms with Crippen LogP contribution in [0.3, 0.4) is 0 Å². The number of carbonyl (C=O) groups excluding carboxylic acids is 4. The van der Waals surface area contributed by atoms with Crippen molar-refractivity contribution in [2.75, 3.05) is 4.90 Å². The molecule has 1 aromatic carbocycles. The van der Waals surface area contributed by atoms with Crippen molar-refractivity contribution in [1.82, 2.24) is 16.1 Å². The van der Waals surface area contributed by atoms with Crippen LogP contribution in [0, 0.1) is 0 Å². The number of hydrogen-bond acceptors (Lipinski definition) is 6. The van der Waals surface area contributed by atoms with Gasteiger partial charge in [-0.3, -0.25) is 24.1 Å². The molecule has 2 rings (SSSR count). The average molecular weight is 460 g/mol. The van der Waals surface area contributed by atoms with Gasteiger partial charge >= 0.3 is 12.0 Å². The van der Waals surface area contributed by atoms with E-state index in [1.807, 2.05) is 30.5 Å². The number of hydrazone groups is 1. The lowest BCUT2D eigenvalue weighted by molar-refractivity contribution is -0.137. The van der Waals surface area contributed by atoms with Gasteiger partial charge in [0, 0.05) is 19.6 Å². The normalized spacial score (nSPS) is 16.6. The second kappa shape index (κ2) is 11.1. The number of nitrogens with one attached hydrogen (secondary N) is 3. The fourth-order valence-corrected chi connectivity index (χ4v) is 3.71. The summed E-state index contributed by atoms with van der Waals surface area (Å²) in [5.41, 5.74) is 9.13. The number of carbonyl (C=O) groups is 5. The molecule has 0 spiro atoms. The second-order valence-electron chi connectivity index (χ2n) is 7.60. The molecule has 178 valence electrons. The van der Waals surface area contributed by atoms with Gasteiger partial charge < -0.3 is 21.5 Å². The van der Waals surface area contributed by atoms with Gasteiger partial charge in [0.15, 0.2) is 0 Å². The van der Waals surface area contributed by atoms with E-state index in [0.29, 0.717) is 12.1 Å². The van der Waals surface area contributed by atoms with Crippen LogP contribution >= 0.6 is 0 Å². The minimum Gasteiger partial charge on any atom is -0.481 e. The molecule has 3 atom stereocenters. The minimum atomic E-state index is -1.21. The average Bonchev–Trinajstić information content (AvgIpc) is 3.11. The van der Waals surface area contributed by atoms with Crippen LogP contribution in [0.1, 0.15) is 38.3 Å². The molecule has 0 saturated heterocycles. The first-order valence-corrected chi connectivity index (χ1v) is 10.4. The number of fused-ring (bicyclic) bond motifs is 1. The van der Waals surface area contributed by atoms with Crippen LogP contribution in [0.25, 0.3) is 0 Å². The molecule has 0 bridgehead atoms. The first-order chi connectivity index (χ1) is 15.5. The van der Waals surface area contributed by atoms with E-state index in [9.17, 15) is 24.0 Å². The molecule has 2 unspecified atom stereocenters. The maximum Gasteiger partial charge on any atom is 0.332 e. The Morgan fingerprint density at radius 1 is 1.27 bits per heavy atom. The van der Waals surface area contributed by atoms with Gasteiger partial charge in [-0.1, -0.05) is 25.1 Å². The maximum atomic E-state index is 13.3. The summed E-state index contributed by atoms with van der Waals surface area (Å²) in [4.78, 5) is 61.3. The molecule has 12 nitrogen and oxygen atoms in total. The molecule has 0 saturated carbocycles. The molecule has 1 aliphatic heterocycles. The van der Waals surface area contributed by atoms with Crippen molar-refractivity contribution in [3.05, 3.63) is 29.3 Å². The summed E-state index contributed by atoms with van der Waals surface area (Å²) >= 11 is 0. The summed E-state index contributed by atoms with van der Waals surface area (Å²) in [5.74, 6) is -2.67. The van der Waals surface area contributed by atoms with Crippen molar-refractivity contribution >= 4 is 41.6 Å². The maximum absolute atomic E-state index is 13.3. The highest BCUT2D eigenvalue weighted by Crippen LogP contribution is 2.36. The van der Waals surface area contributed by atoms with E-state index in [2.05, 4.69) is 15.7 Å². The highest BCUT2D eigenvalue weighted by atomic mass is 16.4. The number of para-hydroxylation sites is 1. The fraction of sp³-hybridized carbons (Fsp3) is 0.429.